The first-order valence-electron chi connectivity index (χ1n) is 7.26. The largest absolute Gasteiger partial charge is 0.389 e. The number of likely N-dealkylation sites (tertiary alicyclic amines) is 1. The van der Waals surface area contributed by atoms with Gasteiger partial charge in [0.05, 0.1) is 22.9 Å². The van der Waals surface area contributed by atoms with Crippen molar-refractivity contribution < 1.29 is 9.84 Å². The van der Waals surface area contributed by atoms with E-state index in [0.717, 1.165) is 0 Å². The Labute approximate surface area is 132 Å². The highest BCUT2D eigenvalue weighted by Crippen LogP contribution is 2.16. The summed E-state index contributed by atoms with van der Waals surface area (Å²) in [5, 5.41) is 10.4. The van der Waals surface area contributed by atoms with Gasteiger partial charge in [0.25, 0.3) is 5.56 Å². The molecule has 6 nitrogen and oxygen atoms in total. The van der Waals surface area contributed by atoms with Crippen molar-refractivity contribution in [2.24, 2.45) is 0 Å². The number of aliphatic hydroxyl groups excluding tert-OH is 1. The first-order chi connectivity index (χ1) is 10.6. The Hall–Kier alpha value is -1.47. The Balaban J connectivity index is 1.80. The van der Waals surface area contributed by atoms with Gasteiger partial charge >= 0.3 is 0 Å². The molecule has 1 saturated heterocycles. The van der Waals surface area contributed by atoms with Crippen LogP contribution in [0.5, 0.6) is 0 Å². The number of ether oxygens (including phenoxy) is 1. The zero-order valence-corrected chi connectivity index (χ0v) is 13.0. The summed E-state index contributed by atoms with van der Waals surface area (Å²) in [5.74, 6) is 0. The highest BCUT2D eigenvalue weighted by atomic mass is 35.5. The van der Waals surface area contributed by atoms with Crippen molar-refractivity contribution in [2.75, 3.05) is 19.7 Å². The first-order valence-corrected chi connectivity index (χ1v) is 7.64. The van der Waals surface area contributed by atoms with Gasteiger partial charge in [-0.25, -0.2) is 4.98 Å². The normalized spacial score (nSPS) is 22.5. The van der Waals surface area contributed by atoms with Crippen molar-refractivity contribution in [2.45, 2.75) is 25.7 Å². The zero-order valence-electron chi connectivity index (χ0n) is 12.3. The van der Waals surface area contributed by atoms with Crippen LogP contribution in [-0.2, 0) is 11.3 Å². The van der Waals surface area contributed by atoms with Crippen LogP contribution >= 0.6 is 11.6 Å². The molecule has 0 bridgehead atoms. The summed E-state index contributed by atoms with van der Waals surface area (Å²) in [4.78, 5) is 18.6. The molecule has 7 heteroatoms. The van der Waals surface area contributed by atoms with Crippen LogP contribution in [0, 0.1) is 0 Å². The highest BCUT2D eigenvalue weighted by Gasteiger charge is 2.31. The Morgan fingerprint density at radius 1 is 1.45 bits per heavy atom. The Bertz CT molecular complexity index is 734. The van der Waals surface area contributed by atoms with E-state index in [1.807, 2.05) is 11.8 Å². The van der Waals surface area contributed by atoms with Gasteiger partial charge in [-0.3, -0.25) is 14.1 Å². The van der Waals surface area contributed by atoms with E-state index < -0.39 is 6.10 Å². The topological polar surface area (TPSA) is 67.1 Å². The van der Waals surface area contributed by atoms with Crippen LogP contribution in [-0.4, -0.2) is 51.3 Å². The van der Waals surface area contributed by atoms with Gasteiger partial charge < -0.3 is 9.84 Å². The molecule has 118 valence electrons. The molecule has 1 aliphatic rings. The quantitative estimate of drug-likeness (QED) is 0.906. The molecule has 0 aliphatic carbocycles. The van der Waals surface area contributed by atoms with Crippen molar-refractivity contribution in [3.05, 3.63) is 45.5 Å². The summed E-state index contributed by atoms with van der Waals surface area (Å²) in [6, 6.07) is 4.93. The molecular formula is C15H18ClN3O3. The van der Waals surface area contributed by atoms with Crippen LogP contribution in [0.25, 0.3) is 5.65 Å². The fourth-order valence-electron chi connectivity index (χ4n) is 2.78. The number of halogens is 1. The molecule has 1 fully saturated rings. The average molecular weight is 324 g/mol. The molecular weight excluding hydrogens is 306 g/mol. The lowest BCUT2D eigenvalue weighted by Crippen LogP contribution is -2.26. The Morgan fingerprint density at radius 3 is 3.05 bits per heavy atom. The molecule has 2 aromatic rings. The molecule has 1 aliphatic heterocycles. The number of pyridine rings is 1. The third-order valence-corrected chi connectivity index (χ3v) is 3.98. The van der Waals surface area contributed by atoms with E-state index in [-0.39, 0.29) is 11.7 Å². The smallest absolute Gasteiger partial charge is 0.258 e. The van der Waals surface area contributed by atoms with Crippen LogP contribution in [0.4, 0.5) is 0 Å². The van der Waals surface area contributed by atoms with Gasteiger partial charge in [-0.05, 0) is 19.1 Å². The van der Waals surface area contributed by atoms with E-state index in [4.69, 9.17) is 16.3 Å². The number of fused-ring (bicyclic) bond motifs is 1. The minimum absolute atomic E-state index is 0.163. The van der Waals surface area contributed by atoms with Gasteiger partial charge in [-0.15, -0.1) is 0 Å². The number of hydrogen-bond donors (Lipinski definition) is 1. The molecule has 3 rings (SSSR count). The average Bonchev–Trinajstić information content (AvgIpc) is 2.80. The van der Waals surface area contributed by atoms with Gasteiger partial charge in [-0.2, -0.15) is 0 Å². The number of hydrogen-bond acceptors (Lipinski definition) is 5. The summed E-state index contributed by atoms with van der Waals surface area (Å²) in [6.07, 6.45) is 0.881. The second-order valence-corrected chi connectivity index (χ2v) is 5.85. The lowest BCUT2D eigenvalue weighted by atomic mass is 10.3. The number of nitrogens with zero attached hydrogens (tertiary/aromatic N) is 3. The minimum atomic E-state index is -0.500. The maximum atomic E-state index is 12.1. The molecule has 2 atom stereocenters. The predicted molar refractivity (Wildman–Crippen MR) is 83.2 cm³/mol. The molecule has 2 aromatic heterocycles. The number of aromatic nitrogens is 2. The summed E-state index contributed by atoms with van der Waals surface area (Å²) in [6.45, 7) is 4.15. The highest BCUT2D eigenvalue weighted by molar-refractivity contribution is 6.30. The van der Waals surface area contributed by atoms with Crippen molar-refractivity contribution in [3.8, 4) is 0 Å². The van der Waals surface area contributed by atoms with E-state index >= 15 is 0 Å². The molecule has 0 unspecified atom stereocenters. The first kappa shape index (κ1) is 15.4. The number of β-amino-alcohol motifs (C(OH)–C–C–N with tert-alkyl or cyclic N) is 1. The summed E-state index contributed by atoms with van der Waals surface area (Å²) >= 11 is 5.89. The molecule has 0 amide bonds. The summed E-state index contributed by atoms with van der Waals surface area (Å²) in [7, 11) is 0. The Morgan fingerprint density at radius 2 is 2.27 bits per heavy atom. The minimum Gasteiger partial charge on any atom is -0.389 e. The SMILES string of the molecule is CCO[C@H]1CN(Cc2cc(=O)n3cc(Cl)ccc3n2)C[C@@H]1O. The fraction of sp³-hybridized carbons (Fsp3) is 0.467. The molecule has 0 aromatic carbocycles. The molecule has 0 saturated carbocycles. The van der Waals surface area contributed by atoms with E-state index in [1.54, 1.807) is 18.3 Å². The number of rotatable bonds is 4. The molecule has 3 heterocycles. The molecule has 0 radical (unpaired) electrons. The van der Waals surface area contributed by atoms with Crippen molar-refractivity contribution in [3.63, 3.8) is 0 Å². The summed E-state index contributed by atoms with van der Waals surface area (Å²) < 4.78 is 6.92. The van der Waals surface area contributed by atoms with Crippen LogP contribution in [0.15, 0.2) is 29.2 Å². The van der Waals surface area contributed by atoms with E-state index in [1.165, 1.54) is 10.5 Å². The van der Waals surface area contributed by atoms with Crippen LogP contribution in [0.2, 0.25) is 5.02 Å². The zero-order chi connectivity index (χ0) is 15.7. The van der Waals surface area contributed by atoms with Gasteiger partial charge in [0, 0.05) is 38.5 Å². The van der Waals surface area contributed by atoms with Gasteiger partial charge in [-0.1, -0.05) is 11.6 Å². The molecule has 0 spiro atoms. The predicted octanol–water partition coefficient (Wildman–Crippen LogP) is 0.929. The van der Waals surface area contributed by atoms with Crippen LogP contribution < -0.4 is 5.56 Å². The third kappa shape index (κ3) is 3.15. The lowest BCUT2D eigenvalue weighted by molar-refractivity contribution is -0.00245. The second kappa shape index (κ2) is 6.34. The van der Waals surface area contributed by atoms with Crippen LogP contribution in [0.3, 0.4) is 0 Å². The van der Waals surface area contributed by atoms with Crippen molar-refractivity contribution in [1.82, 2.24) is 14.3 Å². The van der Waals surface area contributed by atoms with Gasteiger partial charge in [0.1, 0.15) is 5.65 Å². The second-order valence-electron chi connectivity index (χ2n) is 5.42. The maximum Gasteiger partial charge on any atom is 0.258 e. The maximum absolute atomic E-state index is 12.1. The number of aliphatic hydroxyl groups is 1. The summed E-state index contributed by atoms with van der Waals surface area (Å²) in [5.41, 5.74) is 1.08. The lowest BCUT2D eigenvalue weighted by Gasteiger charge is -2.15. The van der Waals surface area contributed by atoms with Gasteiger partial charge in [0.15, 0.2) is 0 Å². The van der Waals surface area contributed by atoms with Crippen molar-refractivity contribution in [1.29, 1.82) is 0 Å². The van der Waals surface area contributed by atoms with Crippen molar-refractivity contribution >= 4 is 17.2 Å². The molecule has 22 heavy (non-hydrogen) atoms. The van der Waals surface area contributed by atoms with Crippen LogP contribution in [0.1, 0.15) is 12.6 Å². The van der Waals surface area contributed by atoms with Gasteiger partial charge in [0.2, 0.25) is 0 Å². The third-order valence-electron chi connectivity index (χ3n) is 3.76. The van der Waals surface area contributed by atoms with E-state index in [9.17, 15) is 9.90 Å². The molecule has 1 N–H and O–H groups in total. The Kier molecular flexibility index (Phi) is 4.44. The van der Waals surface area contributed by atoms with E-state index in [0.29, 0.717) is 42.6 Å². The monoisotopic (exact) mass is 323 g/mol. The fourth-order valence-corrected chi connectivity index (χ4v) is 2.94. The van der Waals surface area contributed by atoms with E-state index in [2.05, 4.69) is 4.98 Å². The standard InChI is InChI=1S/C15H18ClN3O3/c1-2-22-13-9-18(8-12(13)20)7-11-5-15(21)19-6-10(16)3-4-14(19)17-11/h3-6,12-13,20H,2,7-9H2,1H3/t12-,13-/m0/s1.